The number of methoxy groups -OCH3 is 1. The fourth-order valence-corrected chi connectivity index (χ4v) is 3.34. The van der Waals surface area contributed by atoms with Gasteiger partial charge >= 0.3 is 0 Å². The molecule has 0 saturated carbocycles. The van der Waals surface area contributed by atoms with E-state index in [0.717, 1.165) is 11.3 Å². The van der Waals surface area contributed by atoms with Gasteiger partial charge in [0.05, 0.1) is 12.7 Å². The van der Waals surface area contributed by atoms with E-state index in [0.29, 0.717) is 27.6 Å². The molecule has 156 valence electrons. The third-order valence-corrected chi connectivity index (χ3v) is 4.91. The Labute approximate surface area is 184 Å². The van der Waals surface area contributed by atoms with E-state index in [-0.39, 0.29) is 16.4 Å². The lowest BCUT2D eigenvalue weighted by Crippen LogP contribution is -2.13. The number of hydrogen-bond donors (Lipinski definition) is 2. The number of anilines is 1. The minimum absolute atomic E-state index is 0.225. The molecule has 3 heterocycles. The molecule has 0 atom stereocenters. The number of halogens is 1. The van der Waals surface area contributed by atoms with Gasteiger partial charge in [-0.1, -0.05) is 11.3 Å². The van der Waals surface area contributed by atoms with E-state index >= 15 is 0 Å². The zero-order chi connectivity index (χ0) is 22.5. The molecule has 9 nitrogen and oxygen atoms in total. The van der Waals surface area contributed by atoms with Gasteiger partial charge in [-0.15, -0.1) is 10.2 Å². The Morgan fingerprint density at radius 1 is 1.22 bits per heavy atom. The number of ether oxygens (including phenoxy) is 1. The topological polar surface area (TPSA) is 129 Å². The minimum atomic E-state index is -0.475. The number of carbonyl (C=O) groups excluding carboxylic acids is 1. The van der Waals surface area contributed by atoms with Gasteiger partial charge in [-0.2, -0.15) is 10.4 Å². The summed E-state index contributed by atoms with van der Waals surface area (Å²) in [5, 5.41) is 26.3. The Hall–Kier alpha value is -4.61. The molecule has 0 saturated heterocycles. The van der Waals surface area contributed by atoms with Crippen molar-refractivity contribution in [3.63, 3.8) is 0 Å². The fourth-order valence-electron chi connectivity index (χ4n) is 2.75. The lowest BCUT2D eigenvalue weighted by atomic mass is 10.0. The van der Waals surface area contributed by atoms with Gasteiger partial charge in [-0.05, 0) is 36.1 Å². The summed E-state index contributed by atoms with van der Waals surface area (Å²) in [6.07, 6.45) is 2.92. The van der Waals surface area contributed by atoms with Crippen LogP contribution >= 0.6 is 11.3 Å². The number of aromatic nitrogens is 5. The van der Waals surface area contributed by atoms with Crippen LogP contribution in [-0.4, -0.2) is 38.4 Å². The molecule has 1 aromatic carbocycles. The molecule has 11 heteroatoms. The van der Waals surface area contributed by atoms with Gasteiger partial charge in [0.15, 0.2) is 10.7 Å². The second-order valence-electron chi connectivity index (χ2n) is 6.16. The van der Waals surface area contributed by atoms with E-state index in [9.17, 15) is 9.18 Å². The molecule has 0 radical (unpaired) electrons. The van der Waals surface area contributed by atoms with Crippen LogP contribution in [0.3, 0.4) is 0 Å². The molecule has 32 heavy (non-hydrogen) atoms. The van der Waals surface area contributed by atoms with E-state index in [4.69, 9.17) is 10.00 Å². The van der Waals surface area contributed by atoms with E-state index in [1.54, 1.807) is 0 Å². The van der Waals surface area contributed by atoms with Crippen LogP contribution in [0.2, 0.25) is 0 Å². The molecule has 1 amide bonds. The number of H-pyrrole nitrogens is 1. The Morgan fingerprint density at radius 2 is 2.09 bits per heavy atom. The maximum atomic E-state index is 13.8. The summed E-state index contributed by atoms with van der Waals surface area (Å²) in [5.41, 5.74) is 1.73. The first-order valence-corrected chi connectivity index (χ1v) is 9.79. The van der Waals surface area contributed by atoms with Crippen molar-refractivity contribution in [1.29, 1.82) is 5.26 Å². The number of benzene rings is 1. The molecule has 2 N–H and O–H groups in total. The van der Waals surface area contributed by atoms with Crippen LogP contribution in [-0.2, 0) is 0 Å². The van der Waals surface area contributed by atoms with Gasteiger partial charge in [-0.25, -0.2) is 4.39 Å². The third-order valence-electron chi connectivity index (χ3n) is 4.16. The number of pyridine rings is 1. The lowest BCUT2D eigenvalue weighted by molar-refractivity contribution is 0.102. The van der Waals surface area contributed by atoms with Gasteiger partial charge in [0.2, 0.25) is 5.13 Å². The summed E-state index contributed by atoms with van der Waals surface area (Å²) in [6, 6.07) is 8.94. The molecule has 0 aliphatic carbocycles. The van der Waals surface area contributed by atoms with Crippen molar-refractivity contribution in [3.8, 4) is 34.8 Å². The van der Waals surface area contributed by atoms with E-state index in [1.807, 2.05) is 6.07 Å². The van der Waals surface area contributed by atoms with E-state index in [1.165, 1.54) is 49.8 Å². The highest BCUT2D eigenvalue weighted by molar-refractivity contribution is 7.15. The molecule has 0 bridgehead atoms. The van der Waals surface area contributed by atoms with Gasteiger partial charge < -0.3 is 4.74 Å². The summed E-state index contributed by atoms with van der Waals surface area (Å²) < 4.78 is 19.1. The van der Waals surface area contributed by atoms with Crippen LogP contribution < -0.4 is 10.1 Å². The fraction of sp³-hybridized carbons (Fsp3) is 0.0476. The highest BCUT2D eigenvalue weighted by atomic mass is 32.1. The first kappa shape index (κ1) is 20.7. The lowest BCUT2D eigenvalue weighted by Gasteiger charge is -2.12. The molecule has 4 aromatic rings. The number of aromatic amines is 1. The first-order valence-electron chi connectivity index (χ1n) is 8.97. The highest BCUT2D eigenvalue weighted by Crippen LogP contribution is 2.33. The molecular weight excluding hydrogens is 433 g/mol. The predicted molar refractivity (Wildman–Crippen MR) is 113 cm³/mol. The summed E-state index contributed by atoms with van der Waals surface area (Å²) >= 11 is 1.07. The monoisotopic (exact) mass is 445 g/mol. The molecule has 0 spiro atoms. The second kappa shape index (κ2) is 9.04. The smallest absolute Gasteiger partial charge is 0.258 e. The Morgan fingerprint density at radius 3 is 2.88 bits per heavy atom. The van der Waals surface area contributed by atoms with Crippen LogP contribution in [0.15, 0.2) is 42.7 Å². The van der Waals surface area contributed by atoms with Crippen LogP contribution in [0.4, 0.5) is 9.52 Å². The van der Waals surface area contributed by atoms with Crippen molar-refractivity contribution < 1.29 is 13.9 Å². The minimum Gasteiger partial charge on any atom is -0.496 e. The average molecular weight is 445 g/mol. The standard InChI is InChI=1S/C21H12FN7O2S/c1-31-18-4-2-12(22)8-16(18)17-11-24-7-6-15(17)20(30)25-21-29-28-19(32-21)5-3-13-9-14(10-23)27-26-13/h2,4,6-9,11H,1H3,(H,26,27)(H,25,29,30). The molecule has 4 rings (SSSR count). The number of nitrogens with one attached hydrogen (secondary N) is 2. The normalized spacial score (nSPS) is 10.0. The Kier molecular flexibility index (Phi) is 5.83. The van der Waals surface area contributed by atoms with Gasteiger partial charge in [0, 0.05) is 29.6 Å². The number of carbonyl (C=O) groups is 1. The molecule has 0 aliphatic rings. The predicted octanol–water partition coefficient (Wildman–Crippen LogP) is 2.99. The SMILES string of the molecule is COc1ccc(F)cc1-c1cnccc1C(=O)Nc1nnc(C#Cc2cc(C#N)n[nH]2)s1. The summed E-state index contributed by atoms with van der Waals surface area (Å²) in [4.78, 5) is 17.0. The molecule has 0 fully saturated rings. The van der Waals surface area contributed by atoms with Crippen molar-refractivity contribution in [3.05, 3.63) is 70.5 Å². The van der Waals surface area contributed by atoms with Crippen molar-refractivity contribution in [1.82, 2.24) is 25.4 Å². The Balaban J connectivity index is 1.57. The molecule has 0 unspecified atom stereocenters. The Bertz CT molecular complexity index is 1410. The summed E-state index contributed by atoms with van der Waals surface area (Å²) in [6.45, 7) is 0. The van der Waals surface area contributed by atoms with Gasteiger partial charge in [0.1, 0.15) is 23.3 Å². The van der Waals surface area contributed by atoms with Crippen LogP contribution in [0.1, 0.15) is 26.8 Å². The maximum absolute atomic E-state index is 13.8. The zero-order valence-electron chi connectivity index (χ0n) is 16.4. The van der Waals surface area contributed by atoms with E-state index in [2.05, 4.69) is 42.5 Å². The van der Waals surface area contributed by atoms with Crippen LogP contribution in [0.25, 0.3) is 11.1 Å². The van der Waals surface area contributed by atoms with Crippen LogP contribution in [0, 0.1) is 29.0 Å². The average Bonchev–Trinajstić information content (AvgIpc) is 3.46. The number of nitriles is 1. The summed E-state index contributed by atoms with van der Waals surface area (Å²) in [5.74, 6) is 5.02. The van der Waals surface area contributed by atoms with Gasteiger partial charge in [-0.3, -0.25) is 20.2 Å². The maximum Gasteiger partial charge on any atom is 0.258 e. The van der Waals surface area contributed by atoms with E-state index < -0.39 is 11.7 Å². The van der Waals surface area contributed by atoms with Crippen molar-refractivity contribution in [2.45, 2.75) is 0 Å². The summed E-state index contributed by atoms with van der Waals surface area (Å²) in [7, 11) is 1.46. The largest absolute Gasteiger partial charge is 0.496 e. The molecule has 3 aromatic heterocycles. The van der Waals surface area contributed by atoms with Crippen molar-refractivity contribution in [2.75, 3.05) is 12.4 Å². The number of hydrogen-bond acceptors (Lipinski definition) is 8. The third kappa shape index (κ3) is 4.43. The van der Waals surface area contributed by atoms with Crippen molar-refractivity contribution >= 4 is 22.4 Å². The number of nitrogens with zero attached hydrogens (tertiary/aromatic N) is 5. The van der Waals surface area contributed by atoms with Gasteiger partial charge in [0.25, 0.3) is 5.91 Å². The van der Waals surface area contributed by atoms with Crippen LogP contribution in [0.5, 0.6) is 5.75 Å². The number of rotatable bonds is 4. The zero-order valence-corrected chi connectivity index (χ0v) is 17.2. The molecular formula is C21H12FN7O2S. The number of amides is 1. The highest BCUT2D eigenvalue weighted by Gasteiger charge is 2.18. The van der Waals surface area contributed by atoms with Crippen molar-refractivity contribution in [2.24, 2.45) is 0 Å². The molecule has 0 aliphatic heterocycles. The second-order valence-corrected chi connectivity index (χ2v) is 7.14. The first-order chi connectivity index (χ1) is 15.6. The quantitative estimate of drug-likeness (QED) is 0.462.